The quantitative estimate of drug-likeness (QED) is 0.846. The van der Waals surface area contributed by atoms with Crippen molar-refractivity contribution in [2.75, 3.05) is 7.05 Å². The van der Waals surface area contributed by atoms with Crippen LogP contribution in [-0.4, -0.2) is 29.6 Å². The van der Waals surface area contributed by atoms with E-state index < -0.39 is 10.0 Å². The highest BCUT2D eigenvalue weighted by atomic mass is 32.2. The zero-order chi connectivity index (χ0) is 15.2. The molecule has 2 atom stereocenters. The summed E-state index contributed by atoms with van der Waals surface area (Å²) in [6, 6.07) is 3.81. The van der Waals surface area contributed by atoms with Crippen LogP contribution in [0.25, 0.3) is 0 Å². The number of hydrogen-bond acceptors (Lipinski definition) is 4. The summed E-state index contributed by atoms with van der Waals surface area (Å²) in [5.41, 5.74) is 0. The van der Waals surface area contributed by atoms with Gasteiger partial charge >= 0.3 is 0 Å². The average molecular weight is 309 g/mol. The lowest BCUT2D eigenvalue weighted by Crippen LogP contribution is -2.26. The highest BCUT2D eigenvalue weighted by Gasteiger charge is 2.36. The van der Waals surface area contributed by atoms with Crippen molar-refractivity contribution >= 4 is 10.0 Å². The molecule has 7 heteroatoms. The van der Waals surface area contributed by atoms with E-state index in [-0.39, 0.29) is 11.4 Å². The fourth-order valence-electron chi connectivity index (χ4n) is 2.41. The maximum atomic E-state index is 12.4. The lowest BCUT2D eigenvalue weighted by atomic mass is 10.3. The summed E-state index contributed by atoms with van der Waals surface area (Å²) in [6.07, 6.45) is 3.99. The number of hydrogen-bond donors (Lipinski definition) is 0. The first-order valence-corrected chi connectivity index (χ1v) is 8.35. The molecule has 0 aromatic carbocycles. The van der Waals surface area contributed by atoms with Gasteiger partial charge in [-0.2, -0.15) is 9.40 Å². The summed E-state index contributed by atoms with van der Waals surface area (Å²) in [6.45, 7) is 2.41. The standard InChI is InChI=1S/C14H19N3O3S/c1-10-6-13(10)14-5-4-11(20-14)8-17(3)21(18,19)12-7-15-16(2)9-12/h4-5,7,9-10,13H,6,8H2,1-3H3/t10-,13+/m1/s1. The Kier molecular flexibility index (Phi) is 3.41. The summed E-state index contributed by atoms with van der Waals surface area (Å²) >= 11 is 0. The Labute approximate surface area is 124 Å². The molecule has 1 aliphatic rings. The predicted octanol–water partition coefficient (Wildman–Crippen LogP) is 1.96. The Morgan fingerprint density at radius 2 is 2.19 bits per heavy atom. The molecule has 0 unspecified atom stereocenters. The van der Waals surface area contributed by atoms with E-state index >= 15 is 0 Å². The van der Waals surface area contributed by atoms with Crippen molar-refractivity contribution in [3.05, 3.63) is 36.0 Å². The molecule has 6 nitrogen and oxygen atoms in total. The molecule has 0 saturated heterocycles. The highest BCUT2D eigenvalue weighted by molar-refractivity contribution is 7.89. The fraction of sp³-hybridized carbons (Fsp3) is 0.500. The van der Waals surface area contributed by atoms with Gasteiger partial charge in [-0.25, -0.2) is 8.42 Å². The molecule has 21 heavy (non-hydrogen) atoms. The summed E-state index contributed by atoms with van der Waals surface area (Å²) in [5, 5.41) is 3.90. The Morgan fingerprint density at radius 1 is 1.48 bits per heavy atom. The molecule has 0 bridgehead atoms. The number of nitrogens with zero attached hydrogens (tertiary/aromatic N) is 3. The van der Waals surface area contributed by atoms with Gasteiger partial charge in [0.2, 0.25) is 10.0 Å². The van der Waals surface area contributed by atoms with E-state index in [0.29, 0.717) is 17.6 Å². The Bertz CT molecular complexity index is 747. The van der Waals surface area contributed by atoms with Crippen LogP contribution in [0.4, 0.5) is 0 Å². The number of sulfonamides is 1. The van der Waals surface area contributed by atoms with Crippen molar-refractivity contribution in [1.29, 1.82) is 0 Å². The predicted molar refractivity (Wildman–Crippen MR) is 77.1 cm³/mol. The molecule has 0 N–H and O–H groups in total. The van der Waals surface area contributed by atoms with Gasteiger partial charge in [0.15, 0.2) is 0 Å². The van der Waals surface area contributed by atoms with Crippen LogP contribution < -0.4 is 0 Å². The van der Waals surface area contributed by atoms with Gasteiger partial charge in [0.05, 0.1) is 12.7 Å². The van der Waals surface area contributed by atoms with Crippen molar-refractivity contribution < 1.29 is 12.8 Å². The summed E-state index contributed by atoms with van der Waals surface area (Å²) in [4.78, 5) is 0.190. The molecule has 2 heterocycles. The van der Waals surface area contributed by atoms with Crippen molar-refractivity contribution in [1.82, 2.24) is 14.1 Å². The van der Waals surface area contributed by atoms with E-state index in [1.54, 1.807) is 14.1 Å². The van der Waals surface area contributed by atoms with Gasteiger partial charge in [-0.3, -0.25) is 4.68 Å². The number of rotatable bonds is 5. The minimum atomic E-state index is -3.53. The largest absolute Gasteiger partial charge is 0.464 e. The molecule has 2 aromatic heterocycles. The van der Waals surface area contributed by atoms with Crippen molar-refractivity contribution in [2.24, 2.45) is 13.0 Å². The Hall–Kier alpha value is -1.60. The van der Waals surface area contributed by atoms with E-state index in [2.05, 4.69) is 12.0 Å². The van der Waals surface area contributed by atoms with Crippen molar-refractivity contribution in [3.63, 3.8) is 0 Å². The highest BCUT2D eigenvalue weighted by Crippen LogP contribution is 2.47. The third kappa shape index (κ3) is 2.75. The van der Waals surface area contributed by atoms with Crippen LogP contribution in [0.2, 0.25) is 0 Å². The average Bonchev–Trinajstić information content (AvgIpc) is 2.82. The summed E-state index contributed by atoms with van der Waals surface area (Å²) < 4.78 is 33.3. The fourth-order valence-corrected chi connectivity index (χ4v) is 3.54. The molecule has 1 saturated carbocycles. The molecular formula is C14H19N3O3S. The maximum Gasteiger partial charge on any atom is 0.246 e. The molecule has 114 valence electrons. The Morgan fingerprint density at radius 3 is 2.76 bits per heavy atom. The lowest BCUT2D eigenvalue weighted by molar-refractivity contribution is 0.390. The molecule has 0 aliphatic heterocycles. The normalized spacial score (nSPS) is 21.9. The molecule has 0 amide bonds. The van der Waals surface area contributed by atoms with E-state index in [1.807, 2.05) is 12.1 Å². The molecule has 2 aromatic rings. The van der Waals surface area contributed by atoms with Gasteiger partial charge in [-0.15, -0.1) is 0 Å². The van der Waals surface area contributed by atoms with Gasteiger partial charge in [-0.05, 0) is 24.5 Å². The van der Waals surface area contributed by atoms with E-state index in [0.717, 1.165) is 12.2 Å². The summed E-state index contributed by atoms with van der Waals surface area (Å²) in [5.74, 6) is 2.79. The summed E-state index contributed by atoms with van der Waals surface area (Å²) in [7, 11) is -0.297. The maximum absolute atomic E-state index is 12.4. The minimum Gasteiger partial charge on any atom is -0.464 e. The van der Waals surface area contributed by atoms with Gasteiger partial charge in [0.25, 0.3) is 0 Å². The first-order valence-electron chi connectivity index (χ1n) is 6.91. The molecule has 1 fully saturated rings. The van der Waals surface area contributed by atoms with E-state index in [4.69, 9.17) is 4.42 Å². The number of furan rings is 1. The second-order valence-electron chi connectivity index (χ2n) is 5.73. The molecule has 3 rings (SSSR count). The van der Waals surface area contributed by atoms with Gasteiger partial charge in [-0.1, -0.05) is 6.92 Å². The lowest BCUT2D eigenvalue weighted by Gasteiger charge is -2.14. The molecular weight excluding hydrogens is 290 g/mol. The Balaban J connectivity index is 1.73. The third-order valence-corrected chi connectivity index (χ3v) is 5.68. The first-order chi connectivity index (χ1) is 9.88. The zero-order valence-electron chi connectivity index (χ0n) is 12.4. The molecule has 0 spiro atoms. The van der Waals surface area contributed by atoms with E-state index in [1.165, 1.54) is 21.4 Å². The SMILES string of the molecule is C[C@@H]1C[C@@H]1c1ccc(CN(C)S(=O)(=O)c2cnn(C)c2)o1. The van der Waals surface area contributed by atoms with Crippen LogP contribution >= 0.6 is 0 Å². The number of aryl methyl sites for hydroxylation is 1. The van der Waals surface area contributed by atoms with Crippen LogP contribution in [0, 0.1) is 5.92 Å². The second-order valence-corrected chi connectivity index (χ2v) is 7.78. The third-order valence-electron chi connectivity index (χ3n) is 3.93. The van der Waals surface area contributed by atoms with Gasteiger partial charge in [0.1, 0.15) is 16.4 Å². The van der Waals surface area contributed by atoms with Crippen LogP contribution in [0.15, 0.2) is 33.8 Å². The topological polar surface area (TPSA) is 68.3 Å². The molecule has 1 aliphatic carbocycles. The first kappa shape index (κ1) is 14.3. The zero-order valence-corrected chi connectivity index (χ0v) is 13.2. The monoisotopic (exact) mass is 309 g/mol. The minimum absolute atomic E-state index is 0.190. The van der Waals surface area contributed by atoms with E-state index in [9.17, 15) is 8.42 Å². The van der Waals surface area contributed by atoms with Crippen molar-refractivity contribution in [3.8, 4) is 0 Å². The van der Waals surface area contributed by atoms with Gasteiger partial charge < -0.3 is 4.42 Å². The second kappa shape index (κ2) is 4.99. The van der Waals surface area contributed by atoms with Crippen LogP contribution in [0.5, 0.6) is 0 Å². The van der Waals surface area contributed by atoms with Crippen LogP contribution in [-0.2, 0) is 23.6 Å². The number of aromatic nitrogens is 2. The molecule has 0 radical (unpaired) electrons. The van der Waals surface area contributed by atoms with Crippen molar-refractivity contribution in [2.45, 2.75) is 30.7 Å². The smallest absolute Gasteiger partial charge is 0.246 e. The van der Waals surface area contributed by atoms with Gasteiger partial charge in [0, 0.05) is 26.2 Å². The van der Waals surface area contributed by atoms with Crippen LogP contribution in [0.1, 0.15) is 30.8 Å². The van der Waals surface area contributed by atoms with Crippen LogP contribution in [0.3, 0.4) is 0 Å².